The quantitative estimate of drug-likeness (QED) is 0.855. The summed E-state index contributed by atoms with van der Waals surface area (Å²) in [6.45, 7) is 0. The molecule has 0 aromatic heterocycles. The van der Waals surface area contributed by atoms with Crippen LogP contribution in [-0.2, 0) is 16.0 Å². The molecule has 0 saturated heterocycles. The largest absolute Gasteiger partial charge is 0.508 e. The van der Waals surface area contributed by atoms with E-state index in [0.717, 1.165) is 16.7 Å². The molecule has 2 aromatic rings. The van der Waals surface area contributed by atoms with Crippen molar-refractivity contribution < 1.29 is 14.6 Å². The number of phenolic OH excluding ortho intramolecular Hbond substituents is 1. The molecule has 0 aliphatic carbocycles. The van der Waals surface area contributed by atoms with E-state index in [1.165, 1.54) is 7.11 Å². The zero-order valence-corrected chi connectivity index (χ0v) is 10.8. The first-order chi connectivity index (χ1) is 9.19. The van der Waals surface area contributed by atoms with E-state index in [0.29, 0.717) is 12.8 Å². The molecule has 98 valence electrons. The summed E-state index contributed by atoms with van der Waals surface area (Å²) in [5.74, 6) is 0.0596. The molecular weight excluding hydrogens is 240 g/mol. The van der Waals surface area contributed by atoms with Crippen LogP contribution in [-0.4, -0.2) is 18.2 Å². The molecule has 0 heterocycles. The Hall–Kier alpha value is -2.29. The minimum Gasteiger partial charge on any atom is -0.508 e. The first kappa shape index (κ1) is 13.1. The zero-order chi connectivity index (χ0) is 13.7. The highest BCUT2D eigenvalue weighted by molar-refractivity contribution is 5.69. The molecule has 0 amide bonds. The molecule has 0 aliphatic heterocycles. The summed E-state index contributed by atoms with van der Waals surface area (Å²) in [4.78, 5) is 11.1. The molecule has 0 spiro atoms. The minimum absolute atomic E-state index is 0.197. The Kier molecular flexibility index (Phi) is 4.18. The number of carbonyl (C=O) groups excluding carboxylic acids is 1. The third-order valence-corrected chi connectivity index (χ3v) is 2.98. The molecule has 3 nitrogen and oxygen atoms in total. The lowest BCUT2D eigenvalue weighted by atomic mass is 10.0. The van der Waals surface area contributed by atoms with Crippen molar-refractivity contribution in [3.8, 4) is 16.9 Å². The Morgan fingerprint density at radius 1 is 1.11 bits per heavy atom. The van der Waals surface area contributed by atoms with Crippen molar-refractivity contribution in [2.75, 3.05) is 7.11 Å². The zero-order valence-electron chi connectivity index (χ0n) is 10.8. The van der Waals surface area contributed by atoms with Crippen LogP contribution in [0.25, 0.3) is 11.1 Å². The van der Waals surface area contributed by atoms with E-state index in [1.54, 1.807) is 12.1 Å². The fraction of sp³-hybridized carbons (Fsp3) is 0.188. The summed E-state index contributed by atoms with van der Waals surface area (Å²) < 4.78 is 4.61. The fourth-order valence-corrected chi connectivity index (χ4v) is 1.90. The van der Waals surface area contributed by atoms with Crippen LogP contribution < -0.4 is 0 Å². The SMILES string of the molecule is COC(=O)CCc1ccc(-c2cccc(O)c2)cc1. The molecule has 0 fully saturated rings. The van der Waals surface area contributed by atoms with E-state index in [9.17, 15) is 9.90 Å². The number of esters is 1. The molecule has 0 bridgehead atoms. The van der Waals surface area contributed by atoms with Crippen LogP contribution in [0.4, 0.5) is 0 Å². The van der Waals surface area contributed by atoms with Crippen LogP contribution in [0.15, 0.2) is 48.5 Å². The van der Waals surface area contributed by atoms with Gasteiger partial charge in [0.25, 0.3) is 0 Å². The first-order valence-corrected chi connectivity index (χ1v) is 6.14. The Labute approximate surface area is 112 Å². The average Bonchev–Trinajstić information content (AvgIpc) is 2.45. The van der Waals surface area contributed by atoms with Gasteiger partial charge in [0.1, 0.15) is 5.75 Å². The van der Waals surface area contributed by atoms with E-state index < -0.39 is 0 Å². The second-order valence-corrected chi connectivity index (χ2v) is 4.32. The lowest BCUT2D eigenvalue weighted by Gasteiger charge is -2.05. The van der Waals surface area contributed by atoms with Gasteiger partial charge < -0.3 is 9.84 Å². The van der Waals surface area contributed by atoms with E-state index >= 15 is 0 Å². The van der Waals surface area contributed by atoms with E-state index in [2.05, 4.69) is 4.74 Å². The fourth-order valence-electron chi connectivity index (χ4n) is 1.90. The van der Waals surface area contributed by atoms with Gasteiger partial charge in [0, 0.05) is 6.42 Å². The Morgan fingerprint density at radius 2 is 1.84 bits per heavy atom. The number of aromatic hydroxyl groups is 1. The van der Waals surface area contributed by atoms with Gasteiger partial charge in [0.15, 0.2) is 0 Å². The van der Waals surface area contributed by atoms with Crippen molar-refractivity contribution in [2.45, 2.75) is 12.8 Å². The number of rotatable bonds is 4. The maximum Gasteiger partial charge on any atom is 0.305 e. The number of ether oxygens (including phenoxy) is 1. The number of phenols is 1. The third-order valence-electron chi connectivity index (χ3n) is 2.98. The number of hydrogen-bond donors (Lipinski definition) is 1. The summed E-state index contributed by atoms with van der Waals surface area (Å²) in [7, 11) is 1.40. The van der Waals surface area contributed by atoms with E-state index in [-0.39, 0.29) is 11.7 Å². The summed E-state index contributed by atoms with van der Waals surface area (Å²) in [5.41, 5.74) is 3.10. The number of methoxy groups -OCH3 is 1. The van der Waals surface area contributed by atoms with E-state index in [4.69, 9.17) is 0 Å². The van der Waals surface area contributed by atoms with Crippen LogP contribution in [0, 0.1) is 0 Å². The summed E-state index contributed by atoms with van der Waals surface area (Å²) in [5, 5.41) is 9.45. The van der Waals surface area contributed by atoms with Crippen LogP contribution in [0.2, 0.25) is 0 Å². The molecule has 2 aromatic carbocycles. The standard InChI is InChI=1S/C16H16O3/c1-19-16(18)10-7-12-5-8-13(9-6-12)14-3-2-4-15(17)11-14/h2-6,8-9,11,17H,7,10H2,1H3. The second kappa shape index (κ2) is 6.05. The third kappa shape index (κ3) is 3.58. The molecule has 3 heteroatoms. The molecule has 0 saturated carbocycles. The van der Waals surface area contributed by atoms with Gasteiger partial charge >= 0.3 is 5.97 Å². The summed E-state index contributed by atoms with van der Waals surface area (Å²) >= 11 is 0. The van der Waals surface area contributed by atoms with Crippen molar-refractivity contribution in [3.63, 3.8) is 0 Å². The maximum absolute atomic E-state index is 11.1. The first-order valence-electron chi connectivity index (χ1n) is 6.14. The Bertz CT molecular complexity index is 558. The monoisotopic (exact) mass is 256 g/mol. The van der Waals surface area contributed by atoms with Crippen molar-refractivity contribution >= 4 is 5.97 Å². The smallest absolute Gasteiger partial charge is 0.305 e. The van der Waals surface area contributed by atoms with Gasteiger partial charge in [-0.25, -0.2) is 0 Å². The van der Waals surface area contributed by atoms with Crippen molar-refractivity contribution in [1.29, 1.82) is 0 Å². The van der Waals surface area contributed by atoms with Crippen molar-refractivity contribution in [1.82, 2.24) is 0 Å². The van der Waals surface area contributed by atoms with Gasteiger partial charge in [-0.1, -0.05) is 36.4 Å². The summed E-state index contributed by atoms with van der Waals surface area (Å²) in [6.07, 6.45) is 1.06. The minimum atomic E-state index is -0.197. The Balaban J connectivity index is 2.08. The van der Waals surface area contributed by atoms with Crippen LogP contribution >= 0.6 is 0 Å². The molecule has 19 heavy (non-hydrogen) atoms. The maximum atomic E-state index is 11.1. The lowest BCUT2D eigenvalue weighted by molar-refractivity contribution is -0.140. The Morgan fingerprint density at radius 3 is 2.47 bits per heavy atom. The van der Waals surface area contributed by atoms with Crippen LogP contribution in [0.3, 0.4) is 0 Å². The van der Waals surface area contributed by atoms with Gasteiger partial charge in [0.2, 0.25) is 0 Å². The number of aryl methyl sites for hydroxylation is 1. The second-order valence-electron chi connectivity index (χ2n) is 4.32. The van der Waals surface area contributed by atoms with Gasteiger partial charge in [0.05, 0.1) is 7.11 Å². The molecule has 0 unspecified atom stereocenters. The van der Waals surface area contributed by atoms with Gasteiger partial charge in [-0.05, 0) is 35.2 Å². The molecule has 2 rings (SSSR count). The average molecular weight is 256 g/mol. The lowest BCUT2D eigenvalue weighted by Crippen LogP contribution is -2.01. The van der Waals surface area contributed by atoms with Crippen molar-refractivity contribution in [3.05, 3.63) is 54.1 Å². The van der Waals surface area contributed by atoms with Gasteiger partial charge in [-0.15, -0.1) is 0 Å². The number of carbonyl (C=O) groups is 1. The van der Waals surface area contributed by atoms with Crippen LogP contribution in [0.1, 0.15) is 12.0 Å². The molecule has 0 aliphatic rings. The van der Waals surface area contributed by atoms with Crippen LogP contribution in [0.5, 0.6) is 5.75 Å². The molecule has 0 atom stereocenters. The van der Waals surface area contributed by atoms with Gasteiger partial charge in [-0.2, -0.15) is 0 Å². The number of benzene rings is 2. The van der Waals surface area contributed by atoms with E-state index in [1.807, 2.05) is 36.4 Å². The molecule has 0 radical (unpaired) electrons. The normalized spacial score (nSPS) is 10.2. The predicted molar refractivity (Wildman–Crippen MR) is 73.9 cm³/mol. The summed E-state index contributed by atoms with van der Waals surface area (Å²) in [6, 6.07) is 15.1. The topological polar surface area (TPSA) is 46.5 Å². The predicted octanol–water partition coefficient (Wildman–Crippen LogP) is 3.16. The highest BCUT2D eigenvalue weighted by Crippen LogP contribution is 2.23. The highest BCUT2D eigenvalue weighted by Gasteiger charge is 2.02. The van der Waals surface area contributed by atoms with Gasteiger partial charge in [-0.3, -0.25) is 4.79 Å². The van der Waals surface area contributed by atoms with Crippen molar-refractivity contribution in [2.24, 2.45) is 0 Å². The highest BCUT2D eigenvalue weighted by atomic mass is 16.5. The molecule has 1 N–H and O–H groups in total. The molecular formula is C16H16O3. The number of hydrogen-bond acceptors (Lipinski definition) is 3.